The molecule has 1 aromatic carbocycles. The fourth-order valence-electron chi connectivity index (χ4n) is 2.40. The number of hydrogen-bond donors (Lipinski definition) is 3. The van der Waals surface area contributed by atoms with Gasteiger partial charge in [-0.2, -0.15) is 0 Å². The number of aromatic nitrogens is 1. The number of aliphatic hydroxyl groups is 1. The number of thiazole rings is 1. The quantitative estimate of drug-likeness (QED) is 0.595. The second-order valence-corrected chi connectivity index (χ2v) is 8.56. The average Bonchev–Trinajstić information content (AvgIpc) is 3.06. The lowest BCUT2D eigenvalue weighted by Crippen LogP contribution is -2.44. The van der Waals surface area contributed by atoms with Crippen LogP contribution in [0.4, 0.5) is 10.5 Å². The van der Waals surface area contributed by atoms with E-state index in [0.29, 0.717) is 15.6 Å². The van der Waals surface area contributed by atoms with E-state index in [-0.39, 0.29) is 5.69 Å². The molecular formula is C20H25N3O6S. The molecule has 0 aliphatic rings. The minimum absolute atomic E-state index is 0.160. The normalized spacial score (nSPS) is 12.1. The van der Waals surface area contributed by atoms with Crippen LogP contribution in [0.25, 0.3) is 10.6 Å². The Labute approximate surface area is 178 Å². The fourth-order valence-corrected chi connectivity index (χ4v) is 3.31. The van der Waals surface area contributed by atoms with Gasteiger partial charge in [0, 0.05) is 16.1 Å². The fraction of sp³-hybridized carbons (Fsp3) is 0.400. The van der Waals surface area contributed by atoms with Gasteiger partial charge in [-0.25, -0.2) is 14.6 Å². The first-order chi connectivity index (χ1) is 14.0. The molecule has 0 unspecified atom stereocenters. The molecule has 10 heteroatoms. The Morgan fingerprint density at radius 2 is 1.83 bits per heavy atom. The van der Waals surface area contributed by atoms with Crippen LogP contribution in [0.5, 0.6) is 0 Å². The van der Waals surface area contributed by atoms with Crippen molar-refractivity contribution in [2.24, 2.45) is 0 Å². The number of aryl methyl sites for hydroxylation is 1. The van der Waals surface area contributed by atoms with Crippen LogP contribution in [0.1, 0.15) is 36.1 Å². The Morgan fingerprint density at radius 1 is 1.20 bits per heavy atom. The molecule has 0 saturated heterocycles. The number of amides is 2. The molecule has 2 amide bonds. The van der Waals surface area contributed by atoms with Crippen molar-refractivity contribution in [1.82, 2.24) is 10.3 Å². The maximum atomic E-state index is 12.4. The Kier molecular flexibility index (Phi) is 7.52. The van der Waals surface area contributed by atoms with Gasteiger partial charge in [-0.1, -0.05) is 0 Å². The van der Waals surface area contributed by atoms with Gasteiger partial charge in [-0.3, -0.25) is 10.1 Å². The highest BCUT2D eigenvalue weighted by Gasteiger charge is 2.24. The van der Waals surface area contributed by atoms with Crippen LogP contribution in [0.15, 0.2) is 24.3 Å². The third-order valence-corrected chi connectivity index (χ3v) is 4.78. The molecule has 0 fully saturated rings. The van der Waals surface area contributed by atoms with Crippen LogP contribution in [-0.2, 0) is 14.3 Å². The highest BCUT2D eigenvalue weighted by molar-refractivity contribution is 7.15. The lowest BCUT2D eigenvalue weighted by atomic mass is 10.2. The minimum atomic E-state index is -1.16. The van der Waals surface area contributed by atoms with Crippen molar-refractivity contribution in [3.05, 3.63) is 34.8 Å². The standard InChI is InChI=1S/C20H25N3O6S/c1-11-15(16(25)22-14(10-24)18(26)28-5)23-17(30-11)12-6-8-13(9-7-12)21-19(27)29-20(2,3)4/h6-9,14,24H,10H2,1-5H3,(H,21,27)(H,22,25)/t14-/m0/s1. The van der Waals surface area contributed by atoms with E-state index in [0.717, 1.165) is 5.56 Å². The number of rotatable bonds is 6. The van der Waals surface area contributed by atoms with E-state index < -0.39 is 36.2 Å². The highest BCUT2D eigenvalue weighted by atomic mass is 32.1. The molecule has 1 aromatic heterocycles. The van der Waals surface area contributed by atoms with Crippen LogP contribution < -0.4 is 10.6 Å². The number of esters is 1. The first-order valence-electron chi connectivity index (χ1n) is 9.11. The van der Waals surface area contributed by atoms with Gasteiger partial charge in [0.15, 0.2) is 6.04 Å². The zero-order valence-corrected chi connectivity index (χ0v) is 18.3. The summed E-state index contributed by atoms with van der Waals surface area (Å²) in [6.07, 6.45) is -0.552. The van der Waals surface area contributed by atoms with E-state index in [4.69, 9.17) is 4.74 Å². The van der Waals surface area contributed by atoms with Crippen LogP contribution in [0, 0.1) is 6.92 Å². The van der Waals surface area contributed by atoms with E-state index in [1.165, 1.54) is 18.4 Å². The van der Waals surface area contributed by atoms with Crippen molar-refractivity contribution in [3.63, 3.8) is 0 Å². The molecule has 1 heterocycles. The van der Waals surface area contributed by atoms with Crippen LogP contribution in [0.3, 0.4) is 0 Å². The van der Waals surface area contributed by atoms with Gasteiger partial charge < -0.3 is 19.9 Å². The maximum Gasteiger partial charge on any atom is 0.412 e. The molecule has 30 heavy (non-hydrogen) atoms. The number of hydrogen-bond acceptors (Lipinski definition) is 8. The third-order valence-electron chi connectivity index (χ3n) is 3.76. The van der Waals surface area contributed by atoms with Gasteiger partial charge >= 0.3 is 12.1 Å². The lowest BCUT2D eigenvalue weighted by Gasteiger charge is -2.19. The zero-order chi connectivity index (χ0) is 22.5. The summed E-state index contributed by atoms with van der Waals surface area (Å²) in [6, 6.07) is 5.77. The molecule has 0 saturated carbocycles. The van der Waals surface area contributed by atoms with Crippen molar-refractivity contribution >= 4 is 35.0 Å². The molecule has 3 N–H and O–H groups in total. The summed E-state index contributed by atoms with van der Waals surface area (Å²) >= 11 is 1.31. The van der Waals surface area contributed by atoms with E-state index >= 15 is 0 Å². The van der Waals surface area contributed by atoms with Gasteiger partial charge in [0.05, 0.1) is 13.7 Å². The Balaban J connectivity index is 2.11. The molecular weight excluding hydrogens is 410 g/mol. The minimum Gasteiger partial charge on any atom is -0.467 e. The number of nitrogens with one attached hydrogen (secondary N) is 2. The number of aliphatic hydroxyl groups excluding tert-OH is 1. The first kappa shape index (κ1) is 23.3. The molecule has 0 bridgehead atoms. The molecule has 1 atom stereocenters. The monoisotopic (exact) mass is 435 g/mol. The summed E-state index contributed by atoms with van der Waals surface area (Å²) in [5.41, 5.74) is 0.877. The van der Waals surface area contributed by atoms with Crippen molar-refractivity contribution in [1.29, 1.82) is 0 Å². The topological polar surface area (TPSA) is 127 Å². The van der Waals surface area contributed by atoms with E-state index in [9.17, 15) is 19.5 Å². The van der Waals surface area contributed by atoms with Crippen LogP contribution in [0.2, 0.25) is 0 Å². The SMILES string of the molecule is COC(=O)[C@H](CO)NC(=O)c1nc(-c2ccc(NC(=O)OC(C)(C)C)cc2)sc1C. The predicted molar refractivity (Wildman–Crippen MR) is 112 cm³/mol. The number of carbonyl (C=O) groups is 3. The third kappa shape index (κ3) is 6.26. The summed E-state index contributed by atoms with van der Waals surface area (Å²) in [5, 5.41) is 14.9. The molecule has 9 nitrogen and oxygen atoms in total. The molecule has 0 aliphatic carbocycles. The second-order valence-electron chi connectivity index (χ2n) is 7.36. The number of benzene rings is 1. The molecule has 0 aliphatic heterocycles. The van der Waals surface area contributed by atoms with Crippen molar-refractivity contribution in [2.75, 3.05) is 19.0 Å². The molecule has 2 rings (SSSR count). The van der Waals surface area contributed by atoms with Crippen molar-refractivity contribution in [3.8, 4) is 10.6 Å². The predicted octanol–water partition coefficient (Wildman–Crippen LogP) is 2.73. The summed E-state index contributed by atoms with van der Waals surface area (Å²) in [4.78, 5) is 40.8. The highest BCUT2D eigenvalue weighted by Crippen LogP contribution is 2.28. The Bertz CT molecular complexity index is 918. The smallest absolute Gasteiger partial charge is 0.412 e. The summed E-state index contributed by atoms with van der Waals surface area (Å²) in [7, 11) is 1.17. The molecule has 2 aromatic rings. The van der Waals surface area contributed by atoms with Gasteiger partial charge in [0.1, 0.15) is 16.3 Å². The number of methoxy groups -OCH3 is 1. The lowest BCUT2D eigenvalue weighted by molar-refractivity contribution is -0.143. The van der Waals surface area contributed by atoms with Gasteiger partial charge in [0.25, 0.3) is 5.91 Å². The van der Waals surface area contributed by atoms with Gasteiger partial charge in [-0.05, 0) is 52.0 Å². The molecule has 0 radical (unpaired) electrons. The van der Waals surface area contributed by atoms with E-state index in [2.05, 4.69) is 20.4 Å². The van der Waals surface area contributed by atoms with Gasteiger partial charge in [0.2, 0.25) is 0 Å². The Morgan fingerprint density at radius 3 is 2.37 bits per heavy atom. The van der Waals surface area contributed by atoms with Crippen LogP contribution >= 0.6 is 11.3 Å². The van der Waals surface area contributed by atoms with Gasteiger partial charge in [-0.15, -0.1) is 11.3 Å². The number of nitrogens with zero attached hydrogens (tertiary/aromatic N) is 1. The Hall–Kier alpha value is -2.98. The average molecular weight is 436 g/mol. The first-order valence-corrected chi connectivity index (χ1v) is 9.93. The summed E-state index contributed by atoms with van der Waals surface area (Å²) in [5.74, 6) is -1.32. The maximum absolute atomic E-state index is 12.4. The summed E-state index contributed by atoms with van der Waals surface area (Å²) in [6.45, 7) is 6.49. The van der Waals surface area contributed by atoms with Crippen molar-refractivity contribution < 1.29 is 29.0 Å². The number of carbonyl (C=O) groups excluding carboxylic acids is 3. The van der Waals surface area contributed by atoms with Crippen molar-refractivity contribution in [2.45, 2.75) is 39.3 Å². The zero-order valence-electron chi connectivity index (χ0n) is 17.4. The number of anilines is 1. The molecule has 162 valence electrons. The summed E-state index contributed by atoms with van der Waals surface area (Å²) < 4.78 is 9.75. The number of ether oxygens (including phenoxy) is 2. The molecule has 0 spiro atoms. The largest absolute Gasteiger partial charge is 0.467 e. The van der Waals surface area contributed by atoms with E-state index in [1.54, 1.807) is 52.0 Å². The van der Waals surface area contributed by atoms with Crippen LogP contribution in [-0.4, -0.2) is 53.4 Å². The van der Waals surface area contributed by atoms with E-state index in [1.807, 2.05) is 0 Å². The second kappa shape index (κ2) is 9.68.